The lowest BCUT2D eigenvalue weighted by Gasteiger charge is -2.45. The topological polar surface area (TPSA) is 32.3 Å². The average molecular weight is 366 g/mol. The molecule has 6 heteroatoms. The van der Waals surface area contributed by atoms with Crippen LogP contribution in [0.25, 0.3) is 0 Å². The minimum absolute atomic E-state index is 0.0730. The Bertz CT molecular complexity index is 689. The van der Waals surface area contributed by atoms with Crippen LogP contribution in [-0.2, 0) is 4.79 Å². The molecule has 0 aliphatic heterocycles. The first-order valence-electron chi connectivity index (χ1n) is 8.55. The maximum Gasteiger partial charge on any atom is 0.415 e. The zero-order chi connectivity index (χ0) is 19.5. The van der Waals surface area contributed by atoms with Crippen LogP contribution in [0, 0.1) is 5.41 Å². The third kappa shape index (κ3) is 4.48. The van der Waals surface area contributed by atoms with E-state index >= 15 is 0 Å². The lowest BCUT2D eigenvalue weighted by atomic mass is 9.64. The second-order valence-corrected chi connectivity index (χ2v) is 7.27. The lowest BCUT2D eigenvalue weighted by Crippen LogP contribution is -2.45. The maximum atomic E-state index is 12.8. The summed E-state index contributed by atoms with van der Waals surface area (Å²) in [7, 11) is 3.08. The van der Waals surface area contributed by atoms with Gasteiger partial charge in [0.2, 0.25) is 0 Å². The number of carbonyl (C=O) groups excluding carboxylic acids is 1. The zero-order valence-corrected chi connectivity index (χ0v) is 15.4. The summed E-state index contributed by atoms with van der Waals surface area (Å²) in [4.78, 5) is 14.2. The number of rotatable bonds is 6. The van der Waals surface area contributed by atoms with Gasteiger partial charge in [-0.15, -0.1) is 0 Å². The molecule has 1 amide bonds. The molecule has 1 aliphatic rings. The van der Waals surface area contributed by atoms with E-state index in [2.05, 4.69) is 18.8 Å². The number of allylic oxidation sites excluding steroid dienone is 2. The molecule has 3 nitrogen and oxygen atoms in total. The Hall–Kier alpha value is -2.24. The van der Waals surface area contributed by atoms with Crippen molar-refractivity contribution >= 4 is 5.91 Å². The molecule has 0 aromatic heterocycles. The van der Waals surface area contributed by atoms with Gasteiger partial charge in [0.25, 0.3) is 5.91 Å². The normalized spacial score (nSPS) is 17.8. The number of hydrogen-bond acceptors (Lipinski definition) is 2. The van der Waals surface area contributed by atoms with Gasteiger partial charge in [-0.3, -0.25) is 4.79 Å². The highest BCUT2D eigenvalue weighted by Crippen LogP contribution is 2.49. The van der Waals surface area contributed by atoms with E-state index in [9.17, 15) is 18.0 Å². The first-order valence-corrected chi connectivity index (χ1v) is 8.55. The molecule has 1 aromatic rings. The highest BCUT2D eigenvalue weighted by molar-refractivity contribution is 5.93. The molecule has 0 bridgehead atoms. The molecule has 0 radical (unpaired) electrons. The van der Waals surface area contributed by atoms with Gasteiger partial charge in [-0.2, -0.15) is 13.2 Å². The van der Waals surface area contributed by atoms with E-state index in [4.69, 9.17) is 0 Å². The maximum absolute atomic E-state index is 12.8. The van der Waals surface area contributed by atoms with Crippen molar-refractivity contribution < 1.29 is 18.0 Å². The number of nitrogens with zero attached hydrogens (tertiary/aromatic N) is 1. The van der Waals surface area contributed by atoms with Crippen molar-refractivity contribution in [2.45, 2.75) is 38.4 Å². The standard InChI is InChI=1S/C20H25F3N2O/c1-14(20(21,22)23)13-16(25(3)4)18(26)24-17(19(2)11-8-12-19)15-9-6-5-7-10-15/h5-7,9-10,13,17H,1,8,11-12H2,2-4H3,(H,24,26)/b16-13-. The average Bonchev–Trinajstić information content (AvgIpc) is 2.54. The molecule has 1 fully saturated rings. The molecule has 1 aliphatic carbocycles. The number of amides is 1. The Morgan fingerprint density at radius 1 is 1.27 bits per heavy atom. The van der Waals surface area contributed by atoms with E-state index < -0.39 is 17.7 Å². The third-order valence-corrected chi connectivity index (χ3v) is 4.99. The fourth-order valence-corrected chi connectivity index (χ4v) is 3.18. The number of alkyl halides is 3. The van der Waals surface area contributed by atoms with Crippen molar-refractivity contribution in [2.24, 2.45) is 5.41 Å². The minimum Gasteiger partial charge on any atom is -0.373 e. The molecule has 0 spiro atoms. The zero-order valence-electron chi connectivity index (χ0n) is 15.4. The predicted octanol–water partition coefficient (Wildman–Crippen LogP) is 4.60. The van der Waals surface area contributed by atoms with Crippen LogP contribution in [0.2, 0.25) is 0 Å². The summed E-state index contributed by atoms with van der Waals surface area (Å²) in [6.45, 7) is 5.14. The summed E-state index contributed by atoms with van der Waals surface area (Å²) >= 11 is 0. The fraction of sp³-hybridized carbons (Fsp3) is 0.450. The van der Waals surface area contributed by atoms with Gasteiger partial charge in [0.15, 0.2) is 0 Å². The molecule has 1 aromatic carbocycles. The van der Waals surface area contributed by atoms with Crippen LogP contribution in [0.5, 0.6) is 0 Å². The second kappa shape index (κ2) is 7.56. The molecule has 1 atom stereocenters. The van der Waals surface area contributed by atoms with Crippen molar-refractivity contribution in [3.63, 3.8) is 0 Å². The van der Waals surface area contributed by atoms with Crippen LogP contribution in [0.3, 0.4) is 0 Å². The van der Waals surface area contributed by atoms with Gasteiger partial charge in [0.1, 0.15) is 5.70 Å². The molecule has 0 heterocycles. The largest absolute Gasteiger partial charge is 0.415 e. The van der Waals surface area contributed by atoms with Gasteiger partial charge >= 0.3 is 6.18 Å². The first-order chi connectivity index (χ1) is 12.0. The van der Waals surface area contributed by atoms with Crippen LogP contribution in [0.4, 0.5) is 13.2 Å². The smallest absolute Gasteiger partial charge is 0.373 e. The second-order valence-electron chi connectivity index (χ2n) is 7.27. The summed E-state index contributed by atoms with van der Waals surface area (Å²) in [5.74, 6) is -0.539. The number of hydrogen-bond donors (Lipinski definition) is 1. The Balaban J connectivity index is 2.30. The van der Waals surface area contributed by atoms with Crippen LogP contribution >= 0.6 is 0 Å². The number of halogens is 3. The van der Waals surface area contributed by atoms with E-state index in [1.807, 2.05) is 30.3 Å². The Kier molecular flexibility index (Phi) is 5.84. The highest BCUT2D eigenvalue weighted by atomic mass is 19.4. The summed E-state index contributed by atoms with van der Waals surface area (Å²) in [6, 6.07) is 9.29. The van der Waals surface area contributed by atoms with E-state index in [-0.39, 0.29) is 17.2 Å². The van der Waals surface area contributed by atoms with E-state index in [1.54, 1.807) is 0 Å². The van der Waals surface area contributed by atoms with Crippen LogP contribution in [-0.4, -0.2) is 31.1 Å². The van der Waals surface area contributed by atoms with Gasteiger partial charge in [0.05, 0.1) is 11.6 Å². The van der Waals surface area contributed by atoms with Crippen molar-refractivity contribution in [3.8, 4) is 0 Å². The van der Waals surface area contributed by atoms with E-state index in [1.165, 1.54) is 19.0 Å². The number of likely N-dealkylation sites (N-methyl/N-ethyl adjacent to an activating group) is 1. The SMILES string of the molecule is C=C(/C=C(/C(=O)NC(c1ccccc1)C1(C)CCC1)N(C)C)C(F)(F)F. The van der Waals surface area contributed by atoms with Crippen molar-refractivity contribution in [2.75, 3.05) is 14.1 Å². The number of benzene rings is 1. The summed E-state index contributed by atoms with van der Waals surface area (Å²) < 4.78 is 38.5. The van der Waals surface area contributed by atoms with Crippen LogP contribution in [0.1, 0.15) is 37.8 Å². The molecule has 2 rings (SSSR count). The monoisotopic (exact) mass is 366 g/mol. The van der Waals surface area contributed by atoms with E-state index in [0.29, 0.717) is 0 Å². The van der Waals surface area contributed by atoms with E-state index in [0.717, 1.165) is 30.9 Å². The van der Waals surface area contributed by atoms with Gasteiger partial charge in [0, 0.05) is 14.1 Å². The Morgan fingerprint density at radius 3 is 2.27 bits per heavy atom. The molecule has 26 heavy (non-hydrogen) atoms. The van der Waals surface area contributed by atoms with Gasteiger partial charge in [-0.05, 0) is 29.9 Å². The van der Waals surface area contributed by atoms with Gasteiger partial charge in [-0.25, -0.2) is 0 Å². The number of nitrogens with one attached hydrogen (secondary N) is 1. The highest BCUT2D eigenvalue weighted by Gasteiger charge is 2.42. The van der Waals surface area contributed by atoms with Crippen molar-refractivity contribution in [3.05, 3.63) is 59.8 Å². The lowest BCUT2D eigenvalue weighted by molar-refractivity contribution is -0.121. The summed E-state index contributed by atoms with van der Waals surface area (Å²) in [5, 5.41) is 2.96. The minimum atomic E-state index is -4.57. The van der Waals surface area contributed by atoms with Crippen molar-refractivity contribution in [1.29, 1.82) is 0 Å². The summed E-state index contributed by atoms with van der Waals surface area (Å²) in [5.41, 5.74) is -0.274. The van der Waals surface area contributed by atoms with Crippen molar-refractivity contribution in [1.82, 2.24) is 10.2 Å². The first kappa shape index (κ1) is 20.1. The molecular formula is C20H25F3N2O. The third-order valence-electron chi connectivity index (χ3n) is 4.99. The molecule has 1 N–H and O–H groups in total. The molecule has 1 unspecified atom stereocenters. The van der Waals surface area contributed by atoms with Crippen LogP contribution in [0.15, 0.2) is 54.3 Å². The quantitative estimate of drug-likeness (QED) is 0.590. The van der Waals surface area contributed by atoms with Crippen LogP contribution < -0.4 is 5.32 Å². The molecule has 1 saturated carbocycles. The number of carbonyl (C=O) groups is 1. The molecule has 0 saturated heterocycles. The molecular weight excluding hydrogens is 341 g/mol. The molecule has 142 valence electrons. The Labute approximate surface area is 152 Å². The predicted molar refractivity (Wildman–Crippen MR) is 96.2 cm³/mol. The van der Waals surface area contributed by atoms with Gasteiger partial charge in [-0.1, -0.05) is 50.3 Å². The fourth-order valence-electron chi connectivity index (χ4n) is 3.18. The van der Waals surface area contributed by atoms with Gasteiger partial charge < -0.3 is 10.2 Å². The Morgan fingerprint density at radius 2 is 1.85 bits per heavy atom. The summed E-state index contributed by atoms with van der Waals surface area (Å²) in [6.07, 6.45) is -0.774.